The number of carbonyl (C=O) groups excluding carboxylic acids is 1. The summed E-state index contributed by atoms with van der Waals surface area (Å²) >= 11 is 0. The number of aliphatic hydroxyl groups excluding tert-OH is 1. The van der Waals surface area contributed by atoms with Crippen molar-refractivity contribution < 1.29 is 19.4 Å². The number of esters is 1. The van der Waals surface area contributed by atoms with Gasteiger partial charge in [0.1, 0.15) is 18.3 Å². The lowest BCUT2D eigenvalue weighted by Gasteiger charge is -2.14. The van der Waals surface area contributed by atoms with Gasteiger partial charge in [0.05, 0.1) is 13.2 Å². The van der Waals surface area contributed by atoms with E-state index in [2.05, 4.69) is 0 Å². The molecule has 2 aromatic carbocycles. The Morgan fingerprint density at radius 1 is 1.14 bits per heavy atom. The van der Waals surface area contributed by atoms with Crippen molar-refractivity contribution in [1.82, 2.24) is 0 Å². The minimum atomic E-state index is -0.680. The Bertz CT molecular complexity index is 595. The Balaban J connectivity index is 2.07. The minimum absolute atomic E-state index is 0.291. The van der Waals surface area contributed by atoms with Crippen molar-refractivity contribution in [3.63, 3.8) is 0 Å². The van der Waals surface area contributed by atoms with Gasteiger partial charge in [0.15, 0.2) is 0 Å². The second-order valence-corrected chi connectivity index (χ2v) is 4.83. The zero-order chi connectivity index (χ0) is 15.8. The van der Waals surface area contributed by atoms with Gasteiger partial charge in [-0.3, -0.25) is 4.79 Å². The maximum atomic E-state index is 11.8. The average molecular weight is 300 g/mol. The number of benzene rings is 2. The van der Waals surface area contributed by atoms with Crippen molar-refractivity contribution in [2.45, 2.75) is 19.4 Å². The average Bonchev–Trinajstić information content (AvgIpc) is 2.55. The molecule has 0 radical (unpaired) electrons. The molecule has 0 saturated heterocycles. The van der Waals surface area contributed by atoms with E-state index in [1.807, 2.05) is 36.4 Å². The molecule has 0 fully saturated rings. The molecule has 4 heteroatoms. The summed E-state index contributed by atoms with van der Waals surface area (Å²) in [7, 11) is 0. The van der Waals surface area contributed by atoms with Gasteiger partial charge in [-0.05, 0) is 30.2 Å². The van der Waals surface area contributed by atoms with Gasteiger partial charge in [-0.2, -0.15) is 0 Å². The molecular formula is C18H20O4. The molecule has 1 unspecified atom stereocenters. The lowest BCUT2D eigenvalue weighted by atomic mass is 10.00. The van der Waals surface area contributed by atoms with Crippen LogP contribution in [0.1, 0.15) is 24.0 Å². The van der Waals surface area contributed by atoms with Crippen molar-refractivity contribution in [2.75, 3.05) is 13.2 Å². The standard InChI is InChI=1S/C18H20O4/c1-2-21-18(20)17(12-19)15-9-6-10-16(11-15)22-13-14-7-4-3-5-8-14/h3-11,17,19H,2,12-13H2,1H3. The highest BCUT2D eigenvalue weighted by atomic mass is 16.5. The Kier molecular flexibility index (Phi) is 5.98. The highest BCUT2D eigenvalue weighted by molar-refractivity contribution is 5.78. The molecule has 0 spiro atoms. The molecule has 22 heavy (non-hydrogen) atoms. The van der Waals surface area contributed by atoms with Crippen LogP contribution < -0.4 is 4.74 Å². The molecule has 2 aromatic rings. The van der Waals surface area contributed by atoms with E-state index >= 15 is 0 Å². The summed E-state index contributed by atoms with van der Waals surface area (Å²) in [6.45, 7) is 2.19. The maximum Gasteiger partial charge on any atom is 0.315 e. The predicted octanol–water partition coefficient (Wildman–Crippen LogP) is 2.90. The normalized spacial score (nSPS) is 11.7. The van der Waals surface area contributed by atoms with Crippen molar-refractivity contribution in [2.24, 2.45) is 0 Å². The van der Waals surface area contributed by atoms with E-state index in [-0.39, 0.29) is 6.61 Å². The second-order valence-electron chi connectivity index (χ2n) is 4.83. The Morgan fingerprint density at radius 2 is 1.91 bits per heavy atom. The molecule has 1 atom stereocenters. The fraction of sp³-hybridized carbons (Fsp3) is 0.278. The van der Waals surface area contributed by atoms with E-state index in [1.54, 1.807) is 25.1 Å². The van der Waals surface area contributed by atoms with Crippen molar-refractivity contribution in [3.8, 4) is 5.75 Å². The Hall–Kier alpha value is -2.33. The van der Waals surface area contributed by atoms with E-state index in [9.17, 15) is 9.90 Å². The number of hydrogen-bond donors (Lipinski definition) is 1. The highest BCUT2D eigenvalue weighted by Crippen LogP contribution is 2.22. The molecule has 1 N–H and O–H groups in total. The van der Waals surface area contributed by atoms with Crippen molar-refractivity contribution in [3.05, 3.63) is 65.7 Å². The quantitative estimate of drug-likeness (QED) is 0.799. The van der Waals surface area contributed by atoms with Crippen LogP contribution in [0.5, 0.6) is 5.75 Å². The lowest BCUT2D eigenvalue weighted by Crippen LogP contribution is -2.19. The van der Waals surface area contributed by atoms with E-state index in [1.165, 1.54) is 0 Å². The molecule has 0 aliphatic rings. The van der Waals surface area contributed by atoms with Crippen LogP contribution >= 0.6 is 0 Å². The molecule has 116 valence electrons. The number of ether oxygens (including phenoxy) is 2. The molecule has 0 aliphatic carbocycles. The van der Waals surface area contributed by atoms with E-state index in [4.69, 9.17) is 9.47 Å². The van der Waals surface area contributed by atoms with Gasteiger partial charge in [-0.15, -0.1) is 0 Å². The summed E-state index contributed by atoms with van der Waals surface area (Å²) in [4.78, 5) is 11.8. The van der Waals surface area contributed by atoms with Crippen molar-refractivity contribution in [1.29, 1.82) is 0 Å². The molecule has 0 aromatic heterocycles. The molecule has 0 amide bonds. The molecule has 0 bridgehead atoms. The van der Waals surface area contributed by atoms with Gasteiger partial charge in [-0.25, -0.2) is 0 Å². The number of aliphatic hydroxyl groups is 1. The van der Waals surface area contributed by atoms with E-state index in [0.717, 1.165) is 5.56 Å². The first kappa shape index (κ1) is 16.0. The van der Waals surface area contributed by atoms with E-state index < -0.39 is 11.9 Å². The molecular weight excluding hydrogens is 280 g/mol. The smallest absolute Gasteiger partial charge is 0.315 e. The Labute approximate surface area is 130 Å². The van der Waals surface area contributed by atoms with Crippen LogP contribution in [0.2, 0.25) is 0 Å². The summed E-state index contributed by atoms with van der Waals surface area (Å²) in [6, 6.07) is 17.0. The molecule has 0 heterocycles. The zero-order valence-electron chi connectivity index (χ0n) is 12.6. The number of rotatable bonds is 7. The third-order valence-electron chi connectivity index (χ3n) is 3.26. The maximum absolute atomic E-state index is 11.8. The first-order valence-electron chi connectivity index (χ1n) is 7.28. The summed E-state index contributed by atoms with van der Waals surface area (Å²) in [5, 5.41) is 9.43. The SMILES string of the molecule is CCOC(=O)C(CO)c1cccc(OCc2ccccc2)c1. The zero-order valence-corrected chi connectivity index (χ0v) is 12.6. The Morgan fingerprint density at radius 3 is 2.59 bits per heavy atom. The first-order chi connectivity index (χ1) is 10.7. The van der Waals surface area contributed by atoms with Crippen LogP contribution in [0, 0.1) is 0 Å². The third-order valence-corrected chi connectivity index (χ3v) is 3.26. The van der Waals surface area contributed by atoms with Crippen LogP contribution in [-0.2, 0) is 16.1 Å². The molecule has 2 rings (SSSR count). The van der Waals surface area contributed by atoms with Crippen LogP contribution in [0.25, 0.3) is 0 Å². The fourth-order valence-corrected chi connectivity index (χ4v) is 2.12. The van der Waals surface area contributed by atoms with Gasteiger partial charge >= 0.3 is 5.97 Å². The summed E-state index contributed by atoms with van der Waals surface area (Å²) in [5.41, 5.74) is 1.75. The summed E-state index contributed by atoms with van der Waals surface area (Å²) in [5.74, 6) is -0.450. The van der Waals surface area contributed by atoms with Crippen LogP contribution in [0.3, 0.4) is 0 Å². The first-order valence-corrected chi connectivity index (χ1v) is 7.28. The van der Waals surface area contributed by atoms with Gasteiger partial charge in [-0.1, -0.05) is 42.5 Å². The van der Waals surface area contributed by atoms with Crippen LogP contribution in [-0.4, -0.2) is 24.3 Å². The van der Waals surface area contributed by atoms with Crippen LogP contribution in [0.15, 0.2) is 54.6 Å². The number of carbonyl (C=O) groups is 1. The van der Waals surface area contributed by atoms with Gasteiger partial charge in [0.25, 0.3) is 0 Å². The van der Waals surface area contributed by atoms with Gasteiger partial charge in [0.2, 0.25) is 0 Å². The van der Waals surface area contributed by atoms with Crippen molar-refractivity contribution >= 4 is 5.97 Å². The molecule has 4 nitrogen and oxygen atoms in total. The predicted molar refractivity (Wildman–Crippen MR) is 83.7 cm³/mol. The molecule has 0 saturated carbocycles. The third kappa shape index (κ3) is 4.33. The molecule has 0 aliphatic heterocycles. The fourth-order valence-electron chi connectivity index (χ4n) is 2.12. The van der Waals surface area contributed by atoms with E-state index in [0.29, 0.717) is 24.5 Å². The van der Waals surface area contributed by atoms with Crippen LogP contribution in [0.4, 0.5) is 0 Å². The highest BCUT2D eigenvalue weighted by Gasteiger charge is 2.21. The number of hydrogen-bond acceptors (Lipinski definition) is 4. The monoisotopic (exact) mass is 300 g/mol. The largest absolute Gasteiger partial charge is 0.489 e. The topological polar surface area (TPSA) is 55.8 Å². The summed E-state index contributed by atoms with van der Waals surface area (Å²) in [6.07, 6.45) is 0. The second kappa shape index (κ2) is 8.20. The lowest BCUT2D eigenvalue weighted by molar-refractivity contribution is -0.145. The van der Waals surface area contributed by atoms with Gasteiger partial charge in [0, 0.05) is 0 Å². The minimum Gasteiger partial charge on any atom is -0.489 e. The van der Waals surface area contributed by atoms with Gasteiger partial charge < -0.3 is 14.6 Å². The summed E-state index contributed by atoms with van der Waals surface area (Å²) < 4.78 is 10.7.